The third-order valence-corrected chi connectivity index (χ3v) is 2.64. The van der Waals surface area contributed by atoms with Crippen molar-refractivity contribution in [1.82, 2.24) is 15.3 Å². The molecule has 0 bridgehead atoms. The van der Waals surface area contributed by atoms with Gasteiger partial charge in [-0.25, -0.2) is 9.97 Å². The lowest BCUT2D eigenvalue weighted by Gasteiger charge is -2.08. The lowest BCUT2D eigenvalue weighted by Crippen LogP contribution is -2.18. The molecule has 0 spiro atoms. The molecule has 0 unspecified atom stereocenters. The first-order valence-corrected chi connectivity index (χ1v) is 5.51. The minimum atomic E-state index is 0.124. The lowest BCUT2D eigenvalue weighted by molar-refractivity contribution is -0.119. The molecular weight excluding hydrogens is 260 g/mol. The topological polar surface area (TPSA) is 66.9 Å². The number of halogens is 1. The van der Waals surface area contributed by atoms with Crippen LogP contribution >= 0.6 is 15.9 Å². The third-order valence-electron chi connectivity index (χ3n) is 2.23. The van der Waals surface area contributed by atoms with Crippen LogP contribution in [0, 0.1) is 5.92 Å². The van der Waals surface area contributed by atoms with E-state index in [0.29, 0.717) is 18.3 Å². The summed E-state index contributed by atoms with van der Waals surface area (Å²) in [5.74, 6) is 1.06. The van der Waals surface area contributed by atoms with Crippen molar-refractivity contribution >= 4 is 27.8 Å². The highest BCUT2D eigenvalue weighted by Gasteiger charge is 2.20. The Kier molecular flexibility index (Phi) is 3.15. The van der Waals surface area contributed by atoms with Crippen LogP contribution < -0.4 is 10.6 Å². The Morgan fingerprint density at radius 3 is 2.87 bits per heavy atom. The van der Waals surface area contributed by atoms with Crippen LogP contribution in [-0.2, 0) is 4.79 Å². The van der Waals surface area contributed by atoms with Gasteiger partial charge in [-0.15, -0.1) is 0 Å². The second-order valence-corrected chi connectivity index (χ2v) is 4.40. The smallest absolute Gasteiger partial charge is 0.222 e. The number of rotatable bonds is 3. The highest BCUT2D eigenvalue weighted by Crippen LogP contribution is 2.10. The molecule has 1 aromatic heterocycles. The lowest BCUT2D eigenvalue weighted by atomic mass is 10.1. The maximum Gasteiger partial charge on any atom is 0.222 e. The van der Waals surface area contributed by atoms with Crippen molar-refractivity contribution in [3.8, 4) is 0 Å². The molecule has 2 N–H and O–H groups in total. The number of carbonyl (C=O) groups is 1. The van der Waals surface area contributed by atoms with E-state index in [1.807, 2.05) is 0 Å². The quantitative estimate of drug-likeness (QED) is 0.852. The maximum atomic E-state index is 10.9. The van der Waals surface area contributed by atoms with E-state index in [4.69, 9.17) is 0 Å². The van der Waals surface area contributed by atoms with E-state index in [9.17, 15) is 4.79 Å². The zero-order valence-corrected chi connectivity index (χ0v) is 9.62. The van der Waals surface area contributed by atoms with Crippen LogP contribution in [0.15, 0.2) is 16.9 Å². The first kappa shape index (κ1) is 10.4. The van der Waals surface area contributed by atoms with Gasteiger partial charge in [-0.3, -0.25) is 4.79 Å². The average molecular weight is 271 g/mol. The average Bonchev–Trinajstić information content (AvgIpc) is 2.64. The third kappa shape index (κ3) is 2.89. The minimum Gasteiger partial charge on any atom is -0.356 e. The molecule has 0 radical (unpaired) electrons. The van der Waals surface area contributed by atoms with Gasteiger partial charge < -0.3 is 10.6 Å². The van der Waals surface area contributed by atoms with Crippen LogP contribution in [-0.4, -0.2) is 29.0 Å². The summed E-state index contributed by atoms with van der Waals surface area (Å²) >= 11 is 3.26. The second kappa shape index (κ2) is 4.57. The molecule has 6 heteroatoms. The van der Waals surface area contributed by atoms with Crippen LogP contribution in [0.4, 0.5) is 5.95 Å². The number of nitrogens with one attached hydrogen (secondary N) is 2. The highest BCUT2D eigenvalue weighted by molar-refractivity contribution is 9.10. The van der Waals surface area contributed by atoms with Crippen molar-refractivity contribution in [3.05, 3.63) is 16.9 Å². The number of hydrogen-bond donors (Lipinski definition) is 2. The molecular formula is C9H11BrN4O. The zero-order chi connectivity index (χ0) is 10.7. The van der Waals surface area contributed by atoms with Crippen molar-refractivity contribution in [2.24, 2.45) is 5.92 Å². The van der Waals surface area contributed by atoms with Crippen molar-refractivity contribution < 1.29 is 4.79 Å². The molecule has 5 nitrogen and oxygen atoms in total. The number of anilines is 1. The van der Waals surface area contributed by atoms with Crippen molar-refractivity contribution in [1.29, 1.82) is 0 Å². The fourth-order valence-electron chi connectivity index (χ4n) is 1.45. The highest BCUT2D eigenvalue weighted by atomic mass is 79.9. The summed E-state index contributed by atoms with van der Waals surface area (Å²) in [5, 5.41) is 5.89. The predicted molar refractivity (Wildman–Crippen MR) is 59.3 cm³/mol. The van der Waals surface area contributed by atoms with E-state index in [0.717, 1.165) is 17.6 Å². The van der Waals surface area contributed by atoms with Gasteiger partial charge in [0, 0.05) is 37.8 Å². The Morgan fingerprint density at radius 1 is 1.53 bits per heavy atom. The van der Waals surface area contributed by atoms with E-state index in [-0.39, 0.29) is 5.91 Å². The number of carbonyl (C=O) groups excluding carboxylic acids is 1. The summed E-state index contributed by atoms with van der Waals surface area (Å²) < 4.78 is 0.853. The summed E-state index contributed by atoms with van der Waals surface area (Å²) in [7, 11) is 0. The fourth-order valence-corrected chi connectivity index (χ4v) is 1.65. The SMILES string of the molecule is O=C1C[C@H](CNc2ncc(Br)cn2)CN1. The Labute approximate surface area is 95.8 Å². The first-order valence-electron chi connectivity index (χ1n) is 4.72. The molecule has 1 atom stereocenters. The molecule has 1 aromatic rings. The summed E-state index contributed by atoms with van der Waals surface area (Å²) in [5.41, 5.74) is 0. The number of hydrogen-bond acceptors (Lipinski definition) is 4. The molecule has 1 aliphatic heterocycles. The fraction of sp³-hybridized carbons (Fsp3) is 0.444. The molecule has 80 valence electrons. The molecule has 1 saturated heterocycles. The van der Waals surface area contributed by atoms with Gasteiger partial charge in [-0.1, -0.05) is 0 Å². The van der Waals surface area contributed by atoms with Crippen LogP contribution in [0.2, 0.25) is 0 Å². The zero-order valence-electron chi connectivity index (χ0n) is 8.03. The van der Waals surface area contributed by atoms with Gasteiger partial charge >= 0.3 is 0 Å². The Hall–Kier alpha value is -1.17. The number of aromatic nitrogens is 2. The van der Waals surface area contributed by atoms with Gasteiger partial charge in [0.1, 0.15) is 0 Å². The van der Waals surface area contributed by atoms with Crippen LogP contribution in [0.5, 0.6) is 0 Å². The van der Waals surface area contributed by atoms with E-state index in [2.05, 4.69) is 36.5 Å². The van der Waals surface area contributed by atoms with Crippen molar-refractivity contribution in [2.75, 3.05) is 18.4 Å². The molecule has 2 heterocycles. The predicted octanol–water partition coefficient (Wildman–Crippen LogP) is 0.787. The first-order chi connectivity index (χ1) is 7.24. The molecule has 2 rings (SSSR count). The minimum absolute atomic E-state index is 0.124. The van der Waals surface area contributed by atoms with E-state index < -0.39 is 0 Å². The van der Waals surface area contributed by atoms with Crippen LogP contribution in [0.25, 0.3) is 0 Å². The number of amides is 1. The Balaban J connectivity index is 1.83. The van der Waals surface area contributed by atoms with E-state index in [1.54, 1.807) is 12.4 Å². The van der Waals surface area contributed by atoms with E-state index in [1.165, 1.54) is 0 Å². The van der Waals surface area contributed by atoms with Gasteiger partial charge in [-0.2, -0.15) is 0 Å². The molecule has 0 aromatic carbocycles. The Bertz CT molecular complexity index is 354. The van der Waals surface area contributed by atoms with E-state index >= 15 is 0 Å². The standard InChI is InChI=1S/C9H11BrN4O/c10-7-4-13-9(14-5-7)12-3-6-1-8(15)11-2-6/h4-6H,1-3H2,(H,11,15)(H,12,13,14)/t6-/m0/s1. The summed E-state index contributed by atoms with van der Waals surface area (Å²) in [6, 6.07) is 0. The van der Waals surface area contributed by atoms with Crippen molar-refractivity contribution in [2.45, 2.75) is 6.42 Å². The summed E-state index contributed by atoms with van der Waals surface area (Å²) in [6.07, 6.45) is 3.96. The molecule has 1 aliphatic rings. The molecule has 1 fully saturated rings. The second-order valence-electron chi connectivity index (χ2n) is 3.48. The van der Waals surface area contributed by atoms with Gasteiger partial charge in [0.05, 0.1) is 4.47 Å². The summed E-state index contributed by atoms with van der Waals surface area (Å²) in [4.78, 5) is 19.1. The summed E-state index contributed by atoms with van der Waals surface area (Å²) in [6.45, 7) is 1.46. The molecule has 1 amide bonds. The molecule has 0 saturated carbocycles. The monoisotopic (exact) mass is 270 g/mol. The molecule has 15 heavy (non-hydrogen) atoms. The normalized spacial score (nSPS) is 20.1. The largest absolute Gasteiger partial charge is 0.356 e. The van der Waals surface area contributed by atoms with Gasteiger partial charge in [-0.05, 0) is 15.9 Å². The van der Waals surface area contributed by atoms with Crippen LogP contribution in [0.1, 0.15) is 6.42 Å². The number of nitrogens with zero attached hydrogens (tertiary/aromatic N) is 2. The van der Waals surface area contributed by atoms with Crippen LogP contribution in [0.3, 0.4) is 0 Å². The molecule has 0 aliphatic carbocycles. The van der Waals surface area contributed by atoms with Gasteiger partial charge in [0.25, 0.3) is 0 Å². The maximum absolute atomic E-state index is 10.9. The van der Waals surface area contributed by atoms with Gasteiger partial charge in [0.15, 0.2) is 0 Å². The Morgan fingerprint density at radius 2 is 2.27 bits per heavy atom. The van der Waals surface area contributed by atoms with Gasteiger partial charge in [0.2, 0.25) is 11.9 Å². The van der Waals surface area contributed by atoms with Crippen molar-refractivity contribution in [3.63, 3.8) is 0 Å².